The minimum atomic E-state index is -0.323. The molecule has 0 bridgehead atoms. The molecule has 0 saturated carbocycles. The lowest BCUT2D eigenvalue weighted by Gasteiger charge is -2.17. The van der Waals surface area contributed by atoms with Crippen molar-refractivity contribution in [1.29, 1.82) is 0 Å². The number of carbonyl (C=O) groups is 1. The molecule has 1 aromatic heterocycles. The fraction of sp³-hybridized carbons (Fsp3) is 0.267. The highest BCUT2D eigenvalue weighted by Crippen LogP contribution is 2.18. The molecule has 1 fully saturated rings. The summed E-state index contributed by atoms with van der Waals surface area (Å²) < 4.78 is 0. The van der Waals surface area contributed by atoms with Gasteiger partial charge in [0.05, 0.1) is 6.04 Å². The molecule has 1 aliphatic heterocycles. The Labute approximate surface area is 127 Å². The van der Waals surface area contributed by atoms with Crippen LogP contribution in [0.15, 0.2) is 47.8 Å². The van der Waals surface area contributed by atoms with Gasteiger partial charge in [0.2, 0.25) is 5.91 Å². The number of amides is 1. The Hall–Kier alpha value is -1.73. The first-order valence-electron chi connectivity index (χ1n) is 6.96. The van der Waals surface area contributed by atoms with Crippen LogP contribution >= 0.6 is 11.3 Å². The van der Waals surface area contributed by atoms with E-state index in [2.05, 4.69) is 33.1 Å². The standard InChI is InChI=1S/C15H18N4OS/c20-15(16-9-8-12-7-4-10-21-12)14-13(17-19-18-14)11-5-2-1-3-6-11/h1-7,10,13-14,17-19H,8-9H2,(H,16,20). The number of thiophene rings is 1. The van der Waals surface area contributed by atoms with E-state index < -0.39 is 0 Å². The van der Waals surface area contributed by atoms with Crippen molar-refractivity contribution in [3.05, 3.63) is 58.3 Å². The van der Waals surface area contributed by atoms with E-state index in [4.69, 9.17) is 0 Å². The summed E-state index contributed by atoms with van der Waals surface area (Å²) in [5, 5.41) is 5.04. The van der Waals surface area contributed by atoms with Gasteiger partial charge in [-0.3, -0.25) is 4.79 Å². The largest absolute Gasteiger partial charge is 0.354 e. The third-order valence-corrected chi connectivity index (χ3v) is 4.42. The summed E-state index contributed by atoms with van der Waals surface area (Å²) in [5.74, 6) is -0.00194. The summed E-state index contributed by atoms with van der Waals surface area (Å²) in [4.78, 5) is 13.6. The molecule has 1 saturated heterocycles. The zero-order valence-corrected chi connectivity index (χ0v) is 12.3. The number of benzene rings is 1. The van der Waals surface area contributed by atoms with E-state index >= 15 is 0 Å². The van der Waals surface area contributed by atoms with E-state index in [0.29, 0.717) is 6.54 Å². The molecule has 1 amide bonds. The van der Waals surface area contributed by atoms with Crippen molar-refractivity contribution in [3.8, 4) is 0 Å². The highest BCUT2D eigenvalue weighted by Gasteiger charge is 2.33. The van der Waals surface area contributed by atoms with Gasteiger partial charge in [0.1, 0.15) is 6.04 Å². The van der Waals surface area contributed by atoms with Crippen LogP contribution in [0.25, 0.3) is 0 Å². The number of hydrazine groups is 2. The minimum absolute atomic E-state index is 0.00194. The van der Waals surface area contributed by atoms with Crippen molar-refractivity contribution >= 4 is 17.2 Å². The molecule has 0 spiro atoms. The van der Waals surface area contributed by atoms with E-state index in [9.17, 15) is 4.79 Å². The molecule has 0 aliphatic carbocycles. The molecule has 21 heavy (non-hydrogen) atoms. The Morgan fingerprint density at radius 2 is 2.00 bits per heavy atom. The van der Waals surface area contributed by atoms with Gasteiger partial charge in [0, 0.05) is 11.4 Å². The SMILES string of the molecule is O=C(NCCc1cccs1)C1NNNC1c1ccccc1. The van der Waals surface area contributed by atoms with E-state index in [-0.39, 0.29) is 18.0 Å². The second kappa shape index (κ2) is 6.82. The maximum atomic E-state index is 12.3. The highest BCUT2D eigenvalue weighted by atomic mass is 32.1. The van der Waals surface area contributed by atoms with Crippen LogP contribution in [0.2, 0.25) is 0 Å². The average Bonchev–Trinajstić information content (AvgIpc) is 3.19. The molecule has 6 heteroatoms. The normalized spacial score (nSPS) is 21.3. The van der Waals surface area contributed by atoms with Gasteiger partial charge < -0.3 is 5.32 Å². The van der Waals surface area contributed by atoms with E-state index in [1.165, 1.54) is 4.88 Å². The predicted octanol–water partition coefficient (Wildman–Crippen LogP) is 1.13. The van der Waals surface area contributed by atoms with Gasteiger partial charge >= 0.3 is 0 Å². The molecule has 5 nitrogen and oxygen atoms in total. The molecule has 110 valence electrons. The summed E-state index contributed by atoms with van der Waals surface area (Å²) in [6.45, 7) is 0.652. The lowest BCUT2D eigenvalue weighted by molar-refractivity contribution is -0.123. The van der Waals surface area contributed by atoms with Crippen molar-refractivity contribution in [1.82, 2.24) is 21.7 Å². The van der Waals surface area contributed by atoms with Gasteiger partial charge in [0.15, 0.2) is 0 Å². The van der Waals surface area contributed by atoms with Gasteiger partial charge in [-0.1, -0.05) is 36.4 Å². The molecular formula is C15H18N4OS. The zero-order valence-electron chi connectivity index (χ0n) is 11.5. The van der Waals surface area contributed by atoms with Crippen molar-refractivity contribution < 1.29 is 4.79 Å². The smallest absolute Gasteiger partial charge is 0.240 e. The van der Waals surface area contributed by atoms with E-state index in [0.717, 1.165) is 12.0 Å². The van der Waals surface area contributed by atoms with Crippen molar-refractivity contribution in [3.63, 3.8) is 0 Å². The fourth-order valence-corrected chi connectivity index (χ4v) is 3.10. The summed E-state index contributed by atoms with van der Waals surface area (Å²) in [5.41, 5.74) is 9.99. The third kappa shape index (κ3) is 3.48. The summed E-state index contributed by atoms with van der Waals surface area (Å²) in [6, 6.07) is 13.7. The zero-order chi connectivity index (χ0) is 14.5. The fourth-order valence-electron chi connectivity index (χ4n) is 2.39. The number of carbonyl (C=O) groups excluding carboxylic acids is 1. The Balaban J connectivity index is 1.56. The van der Waals surface area contributed by atoms with Crippen LogP contribution in [-0.2, 0) is 11.2 Å². The molecule has 4 N–H and O–H groups in total. The lowest BCUT2D eigenvalue weighted by Crippen LogP contribution is -2.45. The van der Waals surface area contributed by atoms with E-state index in [1.54, 1.807) is 11.3 Å². The van der Waals surface area contributed by atoms with Gasteiger partial charge in [-0.25, -0.2) is 10.9 Å². The van der Waals surface area contributed by atoms with Gasteiger partial charge in [-0.2, -0.15) is 5.53 Å². The topological polar surface area (TPSA) is 65.2 Å². The van der Waals surface area contributed by atoms with Crippen LogP contribution in [-0.4, -0.2) is 18.5 Å². The molecule has 1 aromatic carbocycles. The Morgan fingerprint density at radius 3 is 2.76 bits per heavy atom. The molecule has 2 unspecified atom stereocenters. The van der Waals surface area contributed by atoms with Crippen molar-refractivity contribution in [2.75, 3.05) is 6.54 Å². The third-order valence-electron chi connectivity index (χ3n) is 3.48. The number of nitrogens with one attached hydrogen (secondary N) is 4. The van der Waals surface area contributed by atoms with Crippen LogP contribution in [0.5, 0.6) is 0 Å². The van der Waals surface area contributed by atoms with Crippen LogP contribution in [0.4, 0.5) is 0 Å². The van der Waals surface area contributed by atoms with Crippen LogP contribution in [0.3, 0.4) is 0 Å². The molecule has 3 rings (SSSR count). The predicted molar refractivity (Wildman–Crippen MR) is 83.4 cm³/mol. The molecule has 2 atom stereocenters. The minimum Gasteiger partial charge on any atom is -0.354 e. The average molecular weight is 302 g/mol. The summed E-state index contributed by atoms with van der Waals surface area (Å²) >= 11 is 1.71. The second-order valence-electron chi connectivity index (χ2n) is 4.90. The molecule has 0 radical (unpaired) electrons. The first-order chi connectivity index (χ1) is 10.3. The van der Waals surface area contributed by atoms with E-state index in [1.807, 2.05) is 36.4 Å². The monoisotopic (exact) mass is 302 g/mol. The number of rotatable bonds is 5. The highest BCUT2D eigenvalue weighted by molar-refractivity contribution is 7.09. The second-order valence-corrected chi connectivity index (χ2v) is 5.93. The van der Waals surface area contributed by atoms with Gasteiger partial charge in [-0.15, -0.1) is 11.3 Å². The van der Waals surface area contributed by atoms with Crippen LogP contribution < -0.4 is 21.7 Å². The van der Waals surface area contributed by atoms with Crippen LogP contribution in [0, 0.1) is 0 Å². The number of hydrogen-bond donors (Lipinski definition) is 4. The Bertz CT molecular complexity index is 573. The number of hydrogen-bond acceptors (Lipinski definition) is 5. The van der Waals surface area contributed by atoms with Crippen molar-refractivity contribution in [2.45, 2.75) is 18.5 Å². The van der Waals surface area contributed by atoms with Crippen LogP contribution in [0.1, 0.15) is 16.5 Å². The maximum Gasteiger partial charge on any atom is 0.240 e. The molecule has 2 aromatic rings. The Morgan fingerprint density at radius 1 is 1.14 bits per heavy atom. The molecular weight excluding hydrogens is 284 g/mol. The lowest BCUT2D eigenvalue weighted by atomic mass is 10.0. The quantitative estimate of drug-likeness (QED) is 0.668. The van der Waals surface area contributed by atoms with Gasteiger partial charge in [-0.05, 0) is 23.4 Å². The Kier molecular flexibility index (Phi) is 4.62. The molecule has 2 heterocycles. The first-order valence-corrected chi connectivity index (χ1v) is 7.83. The summed E-state index contributed by atoms with van der Waals surface area (Å²) in [7, 11) is 0. The summed E-state index contributed by atoms with van der Waals surface area (Å²) in [6.07, 6.45) is 0.868. The maximum absolute atomic E-state index is 12.3. The molecule has 1 aliphatic rings. The van der Waals surface area contributed by atoms with Gasteiger partial charge in [0.25, 0.3) is 0 Å². The first kappa shape index (κ1) is 14.2. The van der Waals surface area contributed by atoms with Crippen molar-refractivity contribution in [2.24, 2.45) is 0 Å².